The number of anilines is 1. The van der Waals surface area contributed by atoms with Gasteiger partial charge in [-0.25, -0.2) is 0 Å². The van der Waals surface area contributed by atoms with Gasteiger partial charge in [0.05, 0.1) is 11.3 Å². The number of para-hydroxylation sites is 1. The van der Waals surface area contributed by atoms with Crippen LogP contribution in [0.25, 0.3) is 6.08 Å². The molecule has 0 aliphatic heterocycles. The summed E-state index contributed by atoms with van der Waals surface area (Å²) in [6.45, 7) is 4.65. The lowest BCUT2D eigenvalue weighted by atomic mass is 10.1. The Labute approximate surface area is 142 Å². The third kappa shape index (κ3) is 5.39. The number of amides is 2. The number of nitrogens with one attached hydrogen (secondary N) is 2. The molecular formula is C20H22N2O2. The van der Waals surface area contributed by atoms with Crippen LogP contribution in [-0.2, 0) is 4.79 Å². The average molecular weight is 322 g/mol. The van der Waals surface area contributed by atoms with Crippen molar-refractivity contribution >= 4 is 23.6 Å². The first-order chi connectivity index (χ1) is 11.6. The van der Waals surface area contributed by atoms with E-state index in [2.05, 4.69) is 10.6 Å². The molecule has 2 rings (SSSR count). The van der Waals surface area contributed by atoms with E-state index >= 15 is 0 Å². The molecule has 0 bridgehead atoms. The van der Waals surface area contributed by atoms with E-state index in [0.717, 1.165) is 5.56 Å². The summed E-state index contributed by atoms with van der Waals surface area (Å²) in [5, 5.41) is 5.62. The second-order valence-corrected chi connectivity index (χ2v) is 5.88. The SMILES string of the molecule is CC(C)CNC(=O)c1ccccc1NC(=O)/C=C/c1ccccc1. The average Bonchev–Trinajstić information content (AvgIpc) is 2.59. The van der Waals surface area contributed by atoms with Crippen LogP contribution in [0.1, 0.15) is 29.8 Å². The number of benzene rings is 2. The summed E-state index contributed by atoms with van der Waals surface area (Å²) in [6.07, 6.45) is 3.19. The summed E-state index contributed by atoms with van der Waals surface area (Å²) in [7, 11) is 0. The molecule has 4 heteroatoms. The second-order valence-electron chi connectivity index (χ2n) is 5.88. The molecule has 124 valence electrons. The molecule has 0 heterocycles. The number of rotatable bonds is 6. The molecule has 2 aromatic rings. The lowest BCUT2D eigenvalue weighted by molar-refractivity contribution is -0.111. The van der Waals surface area contributed by atoms with Crippen LogP contribution in [0.3, 0.4) is 0 Å². The lowest BCUT2D eigenvalue weighted by Crippen LogP contribution is -2.28. The van der Waals surface area contributed by atoms with Crippen LogP contribution in [0, 0.1) is 5.92 Å². The zero-order chi connectivity index (χ0) is 17.4. The topological polar surface area (TPSA) is 58.2 Å². The van der Waals surface area contributed by atoms with E-state index in [-0.39, 0.29) is 11.8 Å². The maximum atomic E-state index is 12.3. The Morgan fingerprint density at radius 1 is 1.00 bits per heavy atom. The second kappa shape index (κ2) is 8.67. The van der Waals surface area contributed by atoms with E-state index in [9.17, 15) is 9.59 Å². The summed E-state index contributed by atoms with van der Waals surface area (Å²) in [4.78, 5) is 24.3. The Morgan fingerprint density at radius 2 is 1.67 bits per heavy atom. The van der Waals surface area contributed by atoms with E-state index in [1.807, 2.05) is 44.2 Å². The minimum absolute atomic E-state index is 0.188. The smallest absolute Gasteiger partial charge is 0.253 e. The maximum Gasteiger partial charge on any atom is 0.253 e. The van der Waals surface area contributed by atoms with Crippen molar-refractivity contribution in [3.05, 3.63) is 71.8 Å². The van der Waals surface area contributed by atoms with Crippen molar-refractivity contribution in [3.63, 3.8) is 0 Å². The fraction of sp³-hybridized carbons (Fsp3) is 0.200. The van der Waals surface area contributed by atoms with Crippen molar-refractivity contribution < 1.29 is 9.59 Å². The Kier molecular flexibility index (Phi) is 6.32. The van der Waals surface area contributed by atoms with Crippen LogP contribution in [0.2, 0.25) is 0 Å². The van der Waals surface area contributed by atoms with Crippen LogP contribution in [0.15, 0.2) is 60.7 Å². The minimum Gasteiger partial charge on any atom is -0.352 e. The molecule has 0 saturated carbocycles. The summed E-state index contributed by atoms with van der Waals surface area (Å²) in [5.41, 5.74) is 1.90. The van der Waals surface area contributed by atoms with E-state index in [0.29, 0.717) is 23.7 Å². The first kappa shape index (κ1) is 17.5. The monoisotopic (exact) mass is 322 g/mol. The van der Waals surface area contributed by atoms with E-state index in [1.165, 1.54) is 6.08 Å². The van der Waals surface area contributed by atoms with Crippen molar-refractivity contribution in [2.24, 2.45) is 5.92 Å². The normalized spacial score (nSPS) is 10.8. The van der Waals surface area contributed by atoms with Crippen LogP contribution >= 0.6 is 0 Å². The molecule has 0 spiro atoms. The number of carbonyl (C=O) groups is 2. The molecule has 0 radical (unpaired) electrons. The van der Waals surface area contributed by atoms with Gasteiger partial charge in [0.1, 0.15) is 0 Å². The molecule has 0 saturated heterocycles. The van der Waals surface area contributed by atoms with Crippen molar-refractivity contribution in [2.75, 3.05) is 11.9 Å². The fourth-order valence-electron chi connectivity index (χ4n) is 2.09. The Morgan fingerprint density at radius 3 is 2.38 bits per heavy atom. The van der Waals surface area contributed by atoms with Crippen LogP contribution in [0.5, 0.6) is 0 Å². The first-order valence-electron chi connectivity index (χ1n) is 7.97. The zero-order valence-corrected chi connectivity index (χ0v) is 14.0. The van der Waals surface area contributed by atoms with E-state index < -0.39 is 0 Å². The van der Waals surface area contributed by atoms with Crippen molar-refractivity contribution in [2.45, 2.75) is 13.8 Å². The molecule has 0 fully saturated rings. The lowest BCUT2D eigenvalue weighted by Gasteiger charge is -2.11. The zero-order valence-electron chi connectivity index (χ0n) is 14.0. The van der Waals surface area contributed by atoms with Gasteiger partial charge in [0, 0.05) is 12.6 Å². The van der Waals surface area contributed by atoms with Gasteiger partial charge in [0.2, 0.25) is 5.91 Å². The van der Waals surface area contributed by atoms with Gasteiger partial charge in [-0.2, -0.15) is 0 Å². The van der Waals surface area contributed by atoms with Crippen molar-refractivity contribution in [1.29, 1.82) is 0 Å². The minimum atomic E-state index is -0.275. The molecule has 2 aromatic carbocycles. The standard InChI is InChI=1S/C20H22N2O2/c1-15(2)14-21-20(24)17-10-6-7-11-18(17)22-19(23)13-12-16-8-4-3-5-9-16/h3-13,15H,14H2,1-2H3,(H,21,24)(H,22,23)/b13-12+. The highest BCUT2D eigenvalue weighted by Gasteiger charge is 2.12. The molecule has 0 atom stereocenters. The third-order valence-corrected chi connectivity index (χ3v) is 3.33. The fourth-order valence-corrected chi connectivity index (χ4v) is 2.09. The Bertz CT molecular complexity index is 721. The molecule has 4 nitrogen and oxygen atoms in total. The van der Waals surface area contributed by atoms with Crippen LogP contribution in [0.4, 0.5) is 5.69 Å². The largest absolute Gasteiger partial charge is 0.352 e. The highest BCUT2D eigenvalue weighted by Crippen LogP contribution is 2.15. The van der Waals surface area contributed by atoms with Gasteiger partial charge in [0.25, 0.3) is 5.91 Å². The highest BCUT2D eigenvalue weighted by atomic mass is 16.2. The molecule has 2 amide bonds. The summed E-state index contributed by atoms with van der Waals surface area (Å²) in [5.74, 6) is -0.0980. The van der Waals surface area contributed by atoms with Crippen molar-refractivity contribution in [3.8, 4) is 0 Å². The number of carbonyl (C=O) groups excluding carboxylic acids is 2. The first-order valence-corrected chi connectivity index (χ1v) is 7.97. The van der Waals surface area contributed by atoms with Gasteiger partial charge in [0.15, 0.2) is 0 Å². The molecular weight excluding hydrogens is 300 g/mol. The predicted octanol–water partition coefficient (Wildman–Crippen LogP) is 3.72. The maximum absolute atomic E-state index is 12.3. The number of hydrogen-bond acceptors (Lipinski definition) is 2. The molecule has 0 aliphatic carbocycles. The van der Waals surface area contributed by atoms with Gasteiger partial charge < -0.3 is 10.6 Å². The molecule has 0 aromatic heterocycles. The molecule has 24 heavy (non-hydrogen) atoms. The summed E-state index contributed by atoms with van der Waals surface area (Å²) in [6, 6.07) is 16.6. The Hall–Kier alpha value is -2.88. The number of hydrogen-bond donors (Lipinski definition) is 2. The van der Waals surface area contributed by atoms with Gasteiger partial charge in [-0.3, -0.25) is 9.59 Å². The van der Waals surface area contributed by atoms with Crippen molar-refractivity contribution in [1.82, 2.24) is 5.32 Å². The Balaban J connectivity index is 2.05. The molecule has 0 aliphatic rings. The van der Waals surface area contributed by atoms with Gasteiger partial charge >= 0.3 is 0 Å². The van der Waals surface area contributed by atoms with Crippen LogP contribution < -0.4 is 10.6 Å². The highest BCUT2D eigenvalue weighted by molar-refractivity contribution is 6.07. The van der Waals surface area contributed by atoms with Gasteiger partial charge in [-0.1, -0.05) is 56.3 Å². The van der Waals surface area contributed by atoms with Crippen LogP contribution in [-0.4, -0.2) is 18.4 Å². The van der Waals surface area contributed by atoms with Gasteiger partial charge in [-0.05, 0) is 29.7 Å². The quantitative estimate of drug-likeness (QED) is 0.796. The predicted molar refractivity (Wildman–Crippen MR) is 97.7 cm³/mol. The third-order valence-electron chi connectivity index (χ3n) is 3.33. The van der Waals surface area contributed by atoms with E-state index in [4.69, 9.17) is 0 Å². The molecule has 2 N–H and O–H groups in total. The molecule has 0 unspecified atom stereocenters. The van der Waals surface area contributed by atoms with Gasteiger partial charge in [-0.15, -0.1) is 0 Å². The summed E-state index contributed by atoms with van der Waals surface area (Å²) >= 11 is 0. The van der Waals surface area contributed by atoms with E-state index in [1.54, 1.807) is 30.3 Å². The summed E-state index contributed by atoms with van der Waals surface area (Å²) < 4.78 is 0.